The Balaban J connectivity index is 1.80. The van der Waals surface area contributed by atoms with Gasteiger partial charge in [0.1, 0.15) is 5.65 Å². The van der Waals surface area contributed by atoms with Crippen LogP contribution < -0.4 is 0 Å². The van der Waals surface area contributed by atoms with E-state index in [4.69, 9.17) is 0 Å². The van der Waals surface area contributed by atoms with Gasteiger partial charge in [0.15, 0.2) is 0 Å². The standard InChI is InChI=1S/C17H21N3/c1-4-16-12-20-11-15(5-6-17(20)18-16)14-7-9-19(10-8-14)13(2)3/h4-6,11-12,14H,1-2,7-10H2,3H3. The van der Waals surface area contributed by atoms with Crippen LogP contribution >= 0.6 is 0 Å². The molecule has 0 bridgehead atoms. The number of hydrogen-bond donors (Lipinski definition) is 0. The van der Waals surface area contributed by atoms with E-state index < -0.39 is 0 Å². The molecule has 3 nitrogen and oxygen atoms in total. The maximum atomic E-state index is 4.48. The summed E-state index contributed by atoms with van der Waals surface area (Å²) in [6.45, 7) is 12.1. The Morgan fingerprint density at radius 2 is 2.05 bits per heavy atom. The third kappa shape index (κ3) is 2.36. The lowest BCUT2D eigenvalue weighted by molar-refractivity contribution is 0.264. The van der Waals surface area contributed by atoms with Gasteiger partial charge in [-0.1, -0.05) is 19.2 Å². The van der Waals surface area contributed by atoms with Gasteiger partial charge in [-0.25, -0.2) is 4.98 Å². The van der Waals surface area contributed by atoms with E-state index in [1.165, 1.54) is 24.1 Å². The number of pyridine rings is 1. The van der Waals surface area contributed by atoms with Crippen LogP contribution in [0.2, 0.25) is 0 Å². The van der Waals surface area contributed by atoms with Crippen LogP contribution in [0.15, 0.2) is 43.4 Å². The molecule has 3 heterocycles. The first-order valence-electron chi connectivity index (χ1n) is 7.19. The Hall–Kier alpha value is -2.03. The van der Waals surface area contributed by atoms with Gasteiger partial charge in [-0.3, -0.25) is 0 Å². The Labute approximate surface area is 120 Å². The van der Waals surface area contributed by atoms with Crippen LogP contribution in [0.25, 0.3) is 11.7 Å². The van der Waals surface area contributed by atoms with Crippen LogP contribution in [0.3, 0.4) is 0 Å². The summed E-state index contributed by atoms with van der Waals surface area (Å²) in [5.74, 6) is 0.643. The zero-order valence-electron chi connectivity index (χ0n) is 12.0. The highest BCUT2D eigenvalue weighted by Crippen LogP contribution is 2.29. The van der Waals surface area contributed by atoms with Gasteiger partial charge in [-0.15, -0.1) is 0 Å². The average Bonchev–Trinajstić information content (AvgIpc) is 2.89. The Kier molecular flexibility index (Phi) is 3.35. The fourth-order valence-corrected chi connectivity index (χ4v) is 2.96. The lowest BCUT2D eigenvalue weighted by Crippen LogP contribution is -2.31. The fourth-order valence-electron chi connectivity index (χ4n) is 2.96. The zero-order chi connectivity index (χ0) is 14.1. The van der Waals surface area contributed by atoms with Gasteiger partial charge >= 0.3 is 0 Å². The van der Waals surface area contributed by atoms with Crippen LogP contribution in [-0.2, 0) is 0 Å². The summed E-state index contributed by atoms with van der Waals surface area (Å²) in [6, 6.07) is 4.32. The second-order valence-corrected chi connectivity index (χ2v) is 5.59. The molecular formula is C17H21N3. The number of hydrogen-bond acceptors (Lipinski definition) is 2. The number of allylic oxidation sites excluding steroid dienone is 1. The van der Waals surface area contributed by atoms with Gasteiger partial charge in [0.05, 0.1) is 5.69 Å². The van der Waals surface area contributed by atoms with Crippen molar-refractivity contribution in [3.05, 3.63) is 54.6 Å². The van der Waals surface area contributed by atoms with E-state index in [2.05, 4.69) is 52.7 Å². The maximum Gasteiger partial charge on any atom is 0.137 e. The number of aromatic nitrogens is 2. The van der Waals surface area contributed by atoms with Crippen molar-refractivity contribution in [1.29, 1.82) is 0 Å². The molecule has 0 spiro atoms. The molecule has 0 amide bonds. The summed E-state index contributed by atoms with van der Waals surface area (Å²) in [7, 11) is 0. The van der Waals surface area contributed by atoms with Gasteiger partial charge in [-0.2, -0.15) is 0 Å². The summed E-state index contributed by atoms with van der Waals surface area (Å²) in [5.41, 5.74) is 4.51. The molecule has 1 aliphatic heterocycles. The van der Waals surface area contributed by atoms with E-state index in [1.54, 1.807) is 6.08 Å². The number of piperidine rings is 1. The number of fused-ring (bicyclic) bond motifs is 1. The SMILES string of the molecule is C=Cc1cn2cc(C3CCN(C(=C)C)CC3)ccc2n1. The fraction of sp³-hybridized carbons (Fsp3) is 0.353. The molecule has 104 valence electrons. The second kappa shape index (κ2) is 5.16. The molecule has 0 saturated carbocycles. The van der Waals surface area contributed by atoms with E-state index in [0.717, 1.165) is 24.4 Å². The summed E-state index contributed by atoms with van der Waals surface area (Å²) < 4.78 is 2.11. The van der Waals surface area contributed by atoms with Crippen molar-refractivity contribution in [2.24, 2.45) is 0 Å². The maximum absolute atomic E-state index is 4.48. The van der Waals surface area contributed by atoms with Gasteiger partial charge in [0.25, 0.3) is 0 Å². The quantitative estimate of drug-likeness (QED) is 0.845. The minimum atomic E-state index is 0.643. The molecule has 0 aliphatic carbocycles. The summed E-state index contributed by atoms with van der Waals surface area (Å²) in [6.07, 6.45) is 8.44. The van der Waals surface area contributed by atoms with Crippen molar-refractivity contribution in [2.45, 2.75) is 25.7 Å². The van der Waals surface area contributed by atoms with E-state index in [9.17, 15) is 0 Å². The molecule has 0 unspecified atom stereocenters. The highest BCUT2D eigenvalue weighted by Gasteiger charge is 2.20. The van der Waals surface area contributed by atoms with Crippen molar-refractivity contribution < 1.29 is 0 Å². The smallest absolute Gasteiger partial charge is 0.137 e. The summed E-state index contributed by atoms with van der Waals surface area (Å²) >= 11 is 0. The molecule has 1 fully saturated rings. The van der Waals surface area contributed by atoms with E-state index >= 15 is 0 Å². The molecular weight excluding hydrogens is 246 g/mol. The predicted octanol–water partition coefficient (Wildman–Crippen LogP) is 3.69. The Morgan fingerprint density at radius 1 is 1.30 bits per heavy atom. The van der Waals surface area contributed by atoms with E-state index in [1.807, 2.05) is 6.20 Å². The van der Waals surface area contributed by atoms with Crippen LogP contribution in [0.1, 0.15) is 36.9 Å². The number of rotatable bonds is 3. The van der Waals surface area contributed by atoms with E-state index in [-0.39, 0.29) is 0 Å². The summed E-state index contributed by atoms with van der Waals surface area (Å²) in [4.78, 5) is 6.85. The predicted molar refractivity (Wildman–Crippen MR) is 83.6 cm³/mol. The third-order valence-electron chi connectivity index (χ3n) is 4.21. The van der Waals surface area contributed by atoms with Crippen molar-refractivity contribution in [1.82, 2.24) is 14.3 Å². The Morgan fingerprint density at radius 3 is 2.70 bits per heavy atom. The highest BCUT2D eigenvalue weighted by atomic mass is 15.1. The second-order valence-electron chi connectivity index (χ2n) is 5.59. The van der Waals surface area contributed by atoms with Crippen molar-refractivity contribution in [3.63, 3.8) is 0 Å². The molecule has 1 aliphatic rings. The van der Waals surface area contributed by atoms with Crippen LogP contribution in [0, 0.1) is 0 Å². The first kappa shape index (κ1) is 13.0. The highest BCUT2D eigenvalue weighted by molar-refractivity contribution is 5.50. The van der Waals surface area contributed by atoms with Crippen molar-refractivity contribution in [3.8, 4) is 0 Å². The van der Waals surface area contributed by atoms with Gasteiger partial charge < -0.3 is 9.30 Å². The molecule has 3 heteroatoms. The topological polar surface area (TPSA) is 20.5 Å². The number of likely N-dealkylation sites (tertiary alicyclic amines) is 1. The van der Waals surface area contributed by atoms with Gasteiger partial charge in [0.2, 0.25) is 0 Å². The molecule has 2 aromatic heterocycles. The molecule has 3 rings (SSSR count). The lowest BCUT2D eigenvalue weighted by Gasteiger charge is -2.33. The van der Waals surface area contributed by atoms with Gasteiger partial charge in [-0.05, 0) is 43.4 Å². The molecule has 0 atom stereocenters. The first-order valence-corrected chi connectivity index (χ1v) is 7.19. The van der Waals surface area contributed by atoms with Crippen LogP contribution in [0.4, 0.5) is 0 Å². The van der Waals surface area contributed by atoms with Crippen LogP contribution in [0.5, 0.6) is 0 Å². The molecule has 0 radical (unpaired) electrons. The number of nitrogens with zero attached hydrogens (tertiary/aromatic N) is 3. The minimum Gasteiger partial charge on any atom is -0.375 e. The molecule has 2 aromatic rings. The monoisotopic (exact) mass is 267 g/mol. The molecule has 20 heavy (non-hydrogen) atoms. The van der Waals surface area contributed by atoms with E-state index in [0.29, 0.717) is 5.92 Å². The molecule has 0 aromatic carbocycles. The average molecular weight is 267 g/mol. The van der Waals surface area contributed by atoms with Crippen molar-refractivity contribution >= 4 is 11.7 Å². The molecule has 1 saturated heterocycles. The third-order valence-corrected chi connectivity index (χ3v) is 4.21. The summed E-state index contributed by atoms with van der Waals surface area (Å²) in [5, 5.41) is 0. The van der Waals surface area contributed by atoms with Crippen molar-refractivity contribution in [2.75, 3.05) is 13.1 Å². The zero-order valence-corrected chi connectivity index (χ0v) is 12.0. The normalized spacial score (nSPS) is 16.6. The molecule has 0 N–H and O–H groups in total. The Bertz CT molecular complexity index is 645. The first-order chi connectivity index (χ1) is 9.67. The number of imidazole rings is 1. The largest absolute Gasteiger partial charge is 0.375 e. The van der Waals surface area contributed by atoms with Crippen LogP contribution in [-0.4, -0.2) is 27.4 Å². The minimum absolute atomic E-state index is 0.643. The van der Waals surface area contributed by atoms with Gasteiger partial charge in [0, 0.05) is 31.2 Å². The lowest BCUT2D eigenvalue weighted by atomic mass is 9.90.